The summed E-state index contributed by atoms with van der Waals surface area (Å²) in [5.74, 6) is -0.200. The maximum Gasteiger partial charge on any atom is 0.280 e. The zero-order chi connectivity index (χ0) is 19.6. The third-order valence-electron chi connectivity index (χ3n) is 4.56. The van der Waals surface area contributed by atoms with Gasteiger partial charge in [-0.05, 0) is 30.7 Å². The van der Waals surface area contributed by atoms with Gasteiger partial charge in [-0.1, -0.05) is 29.3 Å². The van der Waals surface area contributed by atoms with Crippen molar-refractivity contribution in [3.8, 4) is 0 Å². The molecule has 2 heterocycles. The number of hydrogen-bond acceptors (Lipinski definition) is 3. The third kappa shape index (κ3) is 4.97. The molecule has 1 fully saturated rings. The highest BCUT2D eigenvalue weighted by atomic mass is 35.5. The van der Waals surface area contributed by atoms with E-state index in [1.807, 2.05) is 12.1 Å². The Bertz CT molecular complexity index is 820. The van der Waals surface area contributed by atoms with Crippen LogP contribution < -0.4 is 0 Å². The number of benzene rings is 1. The Morgan fingerprint density at radius 2 is 1.85 bits per heavy atom. The number of halogens is 4. The molecule has 0 radical (unpaired) electrons. The van der Waals surface area contributed by atoms with Crippen molar-refractivity contribution in [3.05, 3.63) is 51.3 Å². The fourth-order valence-corrected chi connectivity index (χ4v) is 3.47. The second kappa shape index (κ2) is 8.54. The van der Waals surface area contributed by atoms with E-state index >= 15 is 0 Å². The minimum atomic E-state index is -2.65. The molecular weight excluding hydrogens is 397 g/mol. The molecule has 0 aliphatic carbocycles. The predicted molar refractivity (Wildman–Crippen MR) is 100 cm³/mol. The Morgan fingerprint density at radius 1 is 1.15 bits per heavy atom. The summed E-state index contributed by atoms with van der Waals surface area (Å²) in [5.41, 5.74) is 1.31. The quantitative estimate of drug-likeness (QED) is 0.744. The molecule has 0 saturated carbocycles. The minimum Gasteiger partial charge on any atom is -0.339 e. The predicted octanol–water partition coefficient (Wildman–Crippen LogP) is 3.78. The van der Waals surface area contributed by atoms with Crippen molar-refractivity contribution in [1.82, 2.24) is 19.6 Å². The van der Waals surface area contributed by atoms with Crippen LogP contribution in [0.25, 0.3) is 0 Å². The Labute approximate surface area is 166 Å². The number of rotatable bonds is 5. The van der Waals surface area contributed by atoms with Crippen LogP contribution in [0.4, 0.5) is 8.78 Å². The molecule has 1 saturated heterocycles. The molecule has 0 spiro atoms. The van der Waals surface area contributed by atoms with Crippen molar-refractivity contribution >= 4 is 29.1 Å². The number of hydrogen-bond donors (Lipinski definition) is 0. The lowest BCUT2D eigenvalue weighted by Gasteiger charge is -2.34. The van der Waals surface area contributed by atoms with E-state index in [-0.39, 0.29) is 18.1 Å². The summed E-state index contributed by atoms with van der Waals surface area (Å²) >= 11 is 12.0. The molecule has 0 bridgehead atoms. The average molecular weight is 417 g/mol. The maximum atomic E-state index is 13.0. The number of carbonyl (C=O) groups is 1. The van der Waals surface area contributed by atoms with Gasteiger partial charge in [0.25, 0.3) is 6.43 Å². The molecule has 1 aliphatic rings. The molecule has 1 amide bonds. The first-order valence-corrected chi connectivity index (χ1v) is 9.35. The van der Waals surface area contributed by atoms with Crippen LogP contribution >= 0.6 is 23.2 Å². The number of carbonyl (C=O) groups excluding carboxylic acids is 1. The zero-order valence-corrected chi connectivity index (χ0v) is 16.4. The summed E-state index contributed by atoms with van der Waals surface area (Å²) in [5, 5.41) is 5.05. The molecule has 0 atom stereocenters. The minimum absolute atomic E-state index is 0.166. The normalized spacial score (nSPS) is 15.6. The third-order valence-corrected chi connectivity index (χ3v) is 5.30. The van der Waals surface area contributed by atoms with Gasteiger partial charge in [0.1, 0.15) is 12.2 Å². The molecule has 3 rings (SSSR count). The molecule has 1 aromatic heterocycles. The molecule has 1 aromatic carbocycles. The summed E-state index contributed by atoms with van der Waals surface area (Å²) in [7, 11) is 0. The summed E-state index contributed by atoms with van der Waals surface area (Å²) in [6.45, 7) is 4.67. The van der Waals surface area contributed by atoms with E-state index in [1.54, 1.807) is 17.9 Å². The van der Waals surface area contributed by atoms with E-state index in [9.17, 15) is 13.6 Å². The van der Waals surface area contributed by atoms with Crippen molar-refractivity contribution in [2.75, 3.05) is 26.2 Å². The van der Waals surface area contributed by atoms with E-state index in [1.165, 1.54) is 6.07 Å². The largest absolute Gasteiger partial charge is 0.339 e. The summed E-state index contributed by atoms with van der Waals surface area (Å²) in [4.78, 5) is 16.4. The van der Waals surface area contributed by atoms with Gasteiger partial charge in [0, 0.05) is 32.7 Å². The molecule has 1 aliphatic heterocycles. The summed E-state index contributed by atoms with van der Waals surface area (Å²) in [6, 6.07) is 6.85. The van der Waals surface area contributed by atoms with Gasteiger partial charge in [-0.2, -0.15) is 5.10 Å². The van der Waals surface area contributed by atoms with E-state index in [0.29, 0.717) is 48.5 Å². The average Bonchev–Trinajstić information content (AvgIpc) is 2.99. The van der Waals surface area contributed by atoms with Crippen molar-refractivity contribution in [2.45, 2.75) is 26.4 Å². The highest BCUT2D eigenvalue weighted by Crippen LogP contribution is 2.23. The Kier molecular flexibility index (Phi) is 6.34. The summed E-state index contributed by atoms with van der Waals surface area (Å²) < 4.78 is 27.2. The number of piperazine rings is 1. The lowest BCUT2D eigenvalue weighted by Crippen LogP contribution is -2.49. The number of aromatic nitrogens is 2. The van der Waals surface area contributed by atoms with Gasteiger partial charge >= 0.3 is 0 Å². The molecule has 2 aromatic rings. The van der Waals surface area contributed by atoms with Crippen molar-refractivity contribution in [1.29, 1.82) is 0 Å². The fourth-order valence-electron chi connectivity index (χ4n) is 3.15. The molecule has 0 N–H and O–H groups in total. The van der Waals surface area contributed by atoms with Gasteiger partial charge in [0.05, 0.1) is 15.7 Å². The lowest BCUT2D eigenvalue weighted by atomic mass is 10.2. The SMILES string of the molecule is Cc1cc(C(F)F)n(CC(=O)N2CCN(Cc3ccc(Cl)c(Cl)c3)CC2)n1. The standard InChI is InChI=1S/C18H20Cl2F2N4O/c1-12-8-16(18(21)22)26(23-12)11-17(27)25-6-4-24(5-7-25)10-13-2-3-14(19)15(20)9-13/h2-3,8-9,18H,4-7,10-11H2,1H3. The van der Waals surface area contributed by atoms with Crippen LogP contribution in [0.3, 0.4) is 0 Å². The number of nitrogens with zero attached hydrogens (tertiary/aromatic N) is 4. The Hall–Kier alpha value is -1.70. The van der Waals surface area contributed by atoms with E-state index in [0.717, 1.165) is 10.2 Å². The smallest absolute Gasteiger partial charge is 0.280 e. The summed E-state index contributed by atoms with van der Waals surface area (Å²) in [6.07, 6.45) is -2.65. The number of alkyl halides is 2. The molecule has 27 heavy (non-hydrogen) atoms. The first kappa shape index (κ1) is 20.0. The van der Waals surface area contributed by atoms with Gasteiger partial charge < -0.3 is 4.90 Å². The van der Waals surface area contributed by atoms with Gasteiger partial charge in [-0.15, -0.1) is 0 Å². The van der Waals surface area contributed by atoms with Crippen LogP contribution in [0, 0.1) is 6.92 Å². The van der Waals surface area contributed by atoms with Crippen LogP contribution in [0.2, 0.25) is 10.0 Å². The van der Waals surface area contributed by atoms with Gasteiger partial charge in [0.2, 0.25) is 5.91 Å². The van der Waals surface area contributed by atoms with E-state index < -0.39 is 6.43 Å². The number of aryl methyl sites for hydroxylation is 1. The Morgan fingerprint density at radius 3 is 2.48 bits per heavy atom. The monoisotopic (exact) mass is 416 g/mol. The van der Waals surface area contributed by atoms with Crippen molar-refractivity contribution in [2.24, 2.45) is 0 Å². The maximum absolute atomic E-state index is 13.0. The fraction of sp³-hybridized carbons (Fsp3) is 0.444. The highest BCUT2D eigenvalue weighted by Gasteiger charge is 2.24. The van der Waals surface area contributed by atoms with Gasteiger partial charge in [0.15, 0.2) is 0 Å². The van der Waals surface area contributed by atoms with Crippen LogP contribution in [-0.2, 0) is 17.9 Å². The first-order valence-electron chi connectivity index (χ1n) is 8.60. The van der Waals surface area contributed by atoms with Crippen molar-refractivity contribution < 1.29 is 13.6 Å². The van der Waals surface area contributed by atoms with Crippen LogP contribution in [0.15, 0.2) is 24.3 Å². The van der Waals surface area contributed by atoms with Crippen LogP contribution in [-0.4, -0.2) is 51.7 Å². The lowest BCUT2D eigenvalue weighted by molar-refractivity contribution is -0.134. The highest BCUT2D eigenvalue weighted by molar-refractivity contribution is 6.42. The second-order valence-electron chi connectivity index (χ2n) is 6.57. The first-order chi connectivity index (χ1) is 12.8. The molecular formula is C18H20Cl2F2N4O. The van der Waals surface area contributed by atoms with Gasteiger partial charge in [-0.3, -0.25) is 14.4 Å². The topological polar surface area (TPSA) is 41.4 Å². The van der Waals surface area contributed by atoms with Crippen LogP contribution in [0.5, 0.6) is 0 Å². The van der Waals surface area contributed by atoms with Crippen molar-refractivity contribution in [3.63, 3.8) is 0 Å². The van der Waals surface area contributed by atoms with Gasteiger partial charge in [-0.25, -0.2) is 8.78 Å². The Balaban J connectivity index is 1.54. The molecule has 0 unspecified atom stereocenters. The van der Waals surface area contributed by atoms with E-state index in [4.69, 9.17) is 23.2 Å². The molecule has 146 valence electrons. The molecule has 5 nitrogen and oxygen atoms in total. The van der Waals surface area contributed by atoms with Crippen LogP contribution in [0.1, 0.15) is 23.4 Å². The molecule has 9 heteroatoms. The van der Waals surface area contributed by atoms with E-state index in [2.05, 4.69) is 10.00 Å². The second-order valence-corrected chi connectivity index (χ2v) is 7.39. The zero-order valence-electron chi connectivity index (χ0n) is 14.8. The number of amides is 1.